The predicted molar refractivity (Wildman–Crippen MR) is 106 cm³/mol. The van der Waals surface area contributed by atoms with Crippen LogP contribution in [0.25, 0.3) is 0 Å². The quantitative estimate of drug-likeness (QED) is 0.807. The fourth-order valence-corrected chi connectivity index (χ4v) is 5.10. The second kappa shape index (κ2) is 7.72. The molecule has 1 saturated heterocycles. The average molecular weight is 393 g/mol. The summed E-state index contributed by atoms with van der Waals surface area (Å²) in [6.45, 7) is 2.20. The van der Waals surface area contributed by atoms with Gasteiger partial charge < -0.3 is 10.2 Å². The van der Waals surface area contributed by atoms with Gasteiger partial charge in [-0.2, -0.15) is 0 Å². The molecule has 0 spiro atoms. The first-order valence-electron chi connectivity index (χ1n) is 8.42. The van der Waals surface area contributed by atoms with Crippen LogP contribution in [0.5, 0.6) is 0 Å². The molecule has 0 aliphatic carbocycles. The zero-order chi connectivity index (χ0) is 18.7. The van der Waals surface area contributed by atoms with E-state index in [2.05, 4.69) is 5.32 Å². The molecule has 1 atom stereocenters. The summed E-state index contributed by atoms with van der Waals surface area (Å²) in [5.41, 5.74) is 2.15. The second-order valence-electron chi connectivity index (χ2n) is 6.56. The molecule has 2 aromatic carbocycles. The molecule has 0 amide bonds. The van der Waals surface area contributed by atoms with Gasteiger partial charge in [-0.05, 0) is 48.8 Å². The molecular weight excluding hydrogens is 371 g/mol. The molecule has 7 heteroatoms. The summed E-state index contributed by atoms with van der Waals surface area (Å²) in [6.07, 6.45) is 0.541. The van der Waals surface area contributed by atoms with Crippen LogP contribution in [-0.2, 0) is 16.4 Å². The smallest absolute Gasteiger partial charge is 0.174 e. The molecule has 138 valence electrons. The molecule has 0 bridgehead atoms. The zero-order valence-corrected chi connectivity index (χ0v) is 16.1. The van der Waals surface area contributed by atoms with Crippen molar-refractivity contribution in [2.24, 2.45) is 0 Å². The molecule has 1 N–H and O–H groups in total. The maximum Gasteiger partial charge on any atom is 0.174 e. The van der Waals surface area contributed by atoms with E-state index in [4.69, 9.17) is 12.2 Å². The molecule has 0 aromatic heterocycles. The van der Waals surface area contributed by atoms with Crippen molar-refractivity contribution in [1.29, 1.82) is 0 Å². The normalized spacial score (nSPS) is 18.5. The summed E-state index contributed by atoms with van der Waals surface area (Å²) in [4.78, 5) is 1.90. The number of halogens is 1. The van der Waals surface area contributed by atoms with Crippen LogP contribution in [0.15, 0.2) is 48.5 Å². The highest BCUT2D eigenvalue weighted by Gasteiger charge is 2.33. The predicted octanol–water partition coefficient (Wildman–Crippen LogP) is 3.52. The third-order valence-electron chi connectivity index (χ3n) is 4.53. The summed E-state index contributed by atoms with van der Waals surface area (Å²) in [7, 11) is -3.04. The molecular formula is C19H21FN2O2S2. The van der Waals surface area contributed by atoms with Gasteiger partial charge in [0, 0.05) is 18.3 Å². The van der Waals surface area contributed by atoms with Gasteiger partial charge in [-0.3, -0.25) is 0 Å². The van der Waals surface area contributed by atoms with E-state index in [1.54, 1.807) is 19.1 Å². The van der Waals surface area contributed by atoms with Gasteiger partial charge in [-0.15, -0.1) is 0 Å². The Balaban J connectivity index is 1.81. The summed E-state index contributed by atoms with van der Waals surface area (Å²) in [6, 6.07) is 14.4. The summed E-state index contributed by atoms with van der Waals surface area (Å²) >= 11 is 5.54. The largest absolute Gasteiger partial charge is 0.341 e. The van der Waals surface area contributed by atoms with E-state index in [-0.39, 0.29) is 23.4 Å². The summed E-state index contributed by atoms with van der Waals surface area (Å²) in [5, 5.41) is 3.46. The highest BCUT2D eigenvalue weighted by molar-refractivity contribution is 7.91. The summed E-state index contributed by atoms with van der Waals surface area (Å²) < 4.78 is 37.6. The maximum absolute atomic E-state index is 13.8. The molecule has 0 unspecified atom stereocenters. The molecule has 1 aliphatic heterocycles. The van der Waals surface area contributed by atoms with E-state index in [1.165, 1.54) is 6.07 Å². The molecule has 2 aromatic rings. The number of sulfone groups is 1. The van der Waals surface area contributed by atoms with Gasteiger partial charge in [0.2, 0.25) is 0 Å². The third kappa shape index (κ3) is 4.59. The van der Waals surface area contributed by atoms with Gasteiger partial charge >= 0.3 is 0 Å². The van der Waals surface area contributed by atoms with Crippen molar-refractivity contribution in [1.82, 2.24) is 4.90 Å². The van der Waals surface area contributed by atoms with Crippen molar-refractivity contribution < 1.29 is 12.8 Å². The van der Waals surface area contributed by atoms with Crippen molar-refractivity contribution in [2.45, 2.75) is 25.9 Å². The minimum absolute atomic E-state index is 0.0872. The highest BCUT2D eigenvalue weighted by atomic mass is 32.2. The third-order valence-corrected chi connectivity index (χ3v) is 6.62. The number of anilines is 1. The van der Waals surface area contributed by atoms with Crippen LogP contribution in [-0.4, -0.2) is 36.0 Å². The van der Waals surface area contributed by atoms with Crippen molar-refractivity contribution in [2.75, 3.05) is 16.8 Å². The lowest BCUT2D eigenvalue weighted by Gasteiger charge is -2.31. The highest BCUT2D eigenvalue weighted by Crippen LogP contribution is 2.22. The van der Waals surface area contributed by atoms with Crippen LogP contribution in [0.2, 0.25) is 0 Å². The van der Waals surface area contributed by atoms with Gasteiger partial charge in [0.05, 0.1) is 11.5 Å². The number of rotatable bonds is 4. The number of nitrogens with one attached hydrogen (secondary N) is 1. The lowest BCUT2D eigenvalue weighted by Crippen LogP contribution is -2.43. The monoisotopic (exact) mass is 392 g/mol. The first-order valence-corrected chi connectivity index (χ1v) is 10.7. The lowest BCUT2D eigenvalue weighted by atomic mass is 10.1. The van der Waals surface area contributed by atoms with Crippen molar-refractivity contribution in [3.8, 4) is 0 Å². The average Bonchev–Trinajstić information content (AvgIpc) is 2.96. The molecule has 3 rings (SSSR count). The van der Waals surface area contributed by atoms with Crippen LogP contribution in [0.4, 0.5) is 10.1 Å². The van der Waals surface area contributed by atoms with Gasteiger partial charge in [0.15, 0.2) is 14.9 Å². The Bertz CT molecular complexity index is 901. The van der Waals surface area contributed by atoms with Crippen molar-refractivity contribution >= 4 is 32.9 Å². The lowest BCUT2D eigenvalue weighted by molar-refractivity contribution is 0.332. The Hall–Kier alpha value is -1.99. The van der Waals surface area contributed by atoms with Crippen LogP contribution < -0.4 is 5.32 Å². The molecule has 1 aliphatic rings. The van der Waals surface area contributed by atoms with Crippen molar-refractivity contribution in [3.63, 3.8) is 0 Å². The van der Waals surface area contributed by atoms with Gasteiger partial charge in [-0.25, -0.2) is 12.8 Å². The van der Waals surface area contributed by atoms with E-state index < -0.39 is 9.84 Å². The maximum atomic E-state index is 13.8. The SMILES string of the molecule is Cc1ccc(NC(=S)N(Cc2ccccc2)[C@H]2CCS(=O)(=O)C2)cc1F. The van der Waals surface area contributed by atoms with E-state index in [1.807, 2.05) is 35.2 Å². The molecule has 26 heavy (non-hydrogen) atoms. The molecule has 1 fully saturated rings. The summed E-state index contributed by atoms with van der Waals surface area (Å²) in [5.74, 6) is -0.0508. The number of nitrogens with zero attached hydrogens (tertiary/aromatic N) is 1. The van der Waals surface area contributed by atoms with E-state index in [9.17, 15) is 12.8 Å². The Morgan fingerprint density at radius 2 is 2.00 bits per heavy atom. The van der Waals surface area contributed by atoms with Crippen LogP contribution in [0.1, 0.15) is 17.5 Å². The fraction of sp³-hybridized carbons (Fsp3) is 0.316. The standard InChI is InChI=1S/C19H21FN2O2S2/c1-14-7-8-16(11-18(14)20)21-19(25)22(12-15-5-3-2-4-6-15)17-9-10-26(23,24)13-17/h2-8,11,17H,9-10,12-13H2,1H3,(H,21,25)/t17-/m0/s1. The zero-order valence-electron chi connectivity index (χ0n) is 14.5. The molecule has 0 radical (unpaired) electrons. The van der Waals surface area contributed by atoms with Crippen molar-refractivity contribution in [3.05, 3.63) is 65.5 Å². The minimum Gasteiger partial charge on any atom is -0.341 e. The minimum atomic E-state index is -3.04. The molecule has 1 heterocycles. The number of benzene rings is 2. The van der Waals surface area contributed by atoms with Crippen LogP contribution >= 0.6 is 12.2 Å². The Morgan fingerprint density at radius 1 is 1.27 bits per heavy atom. The number of thiocarbonyl (C=S) groups is 1. The number of hydrogen-bond acceptors (Lipinski definition) is 3. The number of hydrogen-bond donors (Lipinski definition) is 1. The van der Waals surface area contributed by atoms with Gasteiger partial charge in [-0.1, -0.05) is 36.4 Å². The fourth-order valence-electron chi connectivity index (χ4n) is 3.03. The van der Waals surface area contributed by atoms with E-state index in [0.29, 0.717) is 29.3 Å². The first-order chi connectivity index (χ1) is 12.3. The first kappa shape index (κ1) is 18.8. The van der Waals surface area contributed by atoms with Gasteiger partial charge in [0.25, 0.3) is 0 Å². The topological polar surface area (TPSA) is 49.4 Å². The van der Waals surface area contributed by atoms with E-state index in [0.717, 1.165) is 5.56 Å². The van der Waals surface area contributed by atoms with Gasteiger partial charge in [0.1, 0.15) is 5.82 Å². The molecule has 4 nitrogen and oxygen atoms in total. The van der Waals surface area contributed by atoms with E-state index >= 15 is 0 Å². The van der Waals surface area contributed by atoms with Crippen LogP contribution in [0.3, 0.4) is 0 Å². The Kier molecular flexibility index (Phi) is 5.58. The second-order valence-corrected chi connectivity index (χ2v) is 9.18. The number of aryl methyl sites for hydroxylation is 1. The Labute approximate surface area is 158 Å². The van der Waals surface area contributed by atoms with Crippen LogP contribution in [0, 0.1) is 12.7 Å². The molecule has 0 saturated carbocycles. The Morgan fingerprint density at radius 3 is 2.62 bits per heavy atom.